The van der Waals surface area contributed by atoms with Gasteiger partial charge >= 0.3 is 1.43 Å². The van der Waals surface area contributed by atoms with Crippen LogP contribution < -0.4 is 0 Å². The molecule has 0 N–H and O–H groups in total. The van der Waals surface area contributed by atoms with Crippen molar-refractivity contribution >= 4 is 11.6 Å². The lowest BCUT2D eigenvalue weighted by atomic mass is 9.96. The van der Waals surface area contributed by atoms with E-state index in [2.05, 4.69) is 36.2 Å². The number of alkyl halides is 1. The Morgan fingerprint density at radius 1 is 1.15 bits per heavy atom. The lowest BCUT2D eigenvalue weighted by molar-refractivity contribution is 0.516. The minimum absolute atomic E-state index is 0. The fourth-order valence-electron chi connectivity index (χ4n) is 3.20. The molecule has 1 saturated carbocycles. The van der Waals surface area contributed by atoms with E-state index in [0.29, 0.717) is 11.3 Å². The molecular weight excluding hydrogens is 266 g/mol. The molecule has 1 aliphatic rings. The minimum atomic E-state index is 0. The molecule has 1 nitrogen and oxygen atoms in total. The van der Waals surface area contributed by atoms with Gasteiger partial charge in [0.2, 0.25) is 0 Å². The molecule has 3 atom stereocenters. The van der Waals surface area contributed by atoms with Crippen LogP contribution in [0.1, 0.15) is 26.8 Å². The topological polar surface area (TPSA) is 12.9 Å². The summed E-state index contributed by atoms with van der Waals surface area (Å²) in [5.74, 6) is 1.41. The fraction of sp³-hybridized carbons (Fsp3) is 0.389. The molecule has 0 amide bonds. The number of hydrogen-bond donors (Lipinski definition) is 0. The van der Waals surface area contributed by atoms with Gasteiger partial charge in [-0.25, -0.2) is 0 Å². The molecule has 0 radical (unpaired) electrons. The molecule has 1 heterocycles. The fourth-order valence-corrected chi connectivity index (χ4v) is 3.69. The van der Waals surface area contributed by atoms with Crippen LogP contribution in [-0.4, -0.2) is 10.4 Å². The molecule has 1 aromatic heterocycles. The first-order valence-corrected chi connectivity index (χ1v) is 7.80. The molecule has 2 heteroatoms. The highest BCUT2D eigenvalue weighted by molar-refractivity contribution is 6.21. The SMILES string of the molecule is CC1CC(Cl)C(Cc2ccc(-c3ccccn3)cc2)C1.[H+]. The maximum Gasteiger partial charge on any atom is 1.00 e. The van der Waals surface area contributed by atoms with Gasteiger partial charge < -0.3 is 0 Å². The van der Waals surface area contributed by atoms with Crippen molar-refractivity contribution < 1.29 is 1.43 Å². The Balaban J connectivity index is 0.00000161. The molecule has 0 aliphatic heterocycles. The van der Waals surface area contributed by atoms with Gasteiger partial charge in [0, 0.05) is 17.1 Å². The Bertz CT molecular complexity index is 555. The van der Waals surface area contributed by atoms with Crippen molar-refractivity contribution in [1.29, 1.82) is 0 Å². The third kappa shape index (κ3) is 3.04. The first kappa shape index (κ1) is 13.6. The van der Waals surface area contributed by atoms with E-state index in [-0.39, 0.29) is 1.43 Å². The van der Waals surface area contributed by atoms with E-state index in [1.54, 1.807) is 0 Å². The number of aromatic nitrogens is 1. The number of benzene rings is 1. The van der Waals surface area contributed by atoms with E-state index in [4.69, 9.17) is 11.6 Å². The molecule has 0 bridgehead atoms. The molecule has 1 fully saturated rings. The van der Waals surface area contributed by atoms with Gasteiger partial charge in [0.1, 0.15) is 0 Å². The molecule has 2 aromatic rings. The van der Waals surface area contributed by atoms with E-state index in [1.807, 2.05) is 24.4 Å². The predicted molar refractivity (Wildman–Crippen MR) is 86.0 cm³/mol. The second-order valence-electron chi connectivity index (χ2n) is 5.97. The van der Waals surface area contributed by atoms with E-state index in [0.717, 1.165) is 24.5 Å². The van der Waals surface area contributed by atoms with Crippen molar-refractivity contribution in [3.8, 4) is 11.3 Å². The van der Waals surface area contributed by atoms with Crippen molar-refractivity contribution in [1.82, 2.24) is 4.98 Å². The van der Waals surface area contributed by atoms with Gasteiger partial charge in [0.25, 0.3) is 0 Å². The standard InChI is InChI=1S/C18H20ClN/c1-13-10-16(17(19)11-13)12-14-5-7-15(8-6-14)18-4-2-3-9-20-18/h2-9,13,16-17H,10-12H2,1H3/p+1. The second kappa shape index (κ2) is 5.97. The summed E-state index contributed by atoms with van der Waals surface area (Å²) >= 11 is 6.44. The highest BCUT2D eigenvalue weighted by atomic mass is 35.5. The average Bonchev–Trinajstić information content (AvgIpc) is 2.79. The molecular formula is C18H21ClN+. The van der Waals surface area contributed by atoms with Gasteiger partial charge in [-0.3, -0.25) is 4.98 Å². The van der Waals surface area contributed by atoms with Crippen LogP contribution >= 0.6 is 11.6 Å². The molecule has 1 aromatic carbocycles. The predicted octanol–water partition coefficient (Wildman–Crippen LogP) is 5.06. The smallest absolute Gasteiger partial charge is 0.256 e. The molecule has 104 valence electrons. The summed E-state index contributed by atoms with van der Waals surface area (Å²) in [5, 5.41) is 0.348. The molecule has 0 spiro atoms. The quantitative estimate of drug-likeness (QED) is 0.719. The van der Waals surface area contributed by atoms with Crippen molar-refractivity contribution in [2.75, 3.05) is 0 Å². The van der Waals surface area contributed by atoms with Gasteiger partial charge in [-0.15, -0.1) is 11.6 Å². The number of rotatable bonds is 3. The summed E-state index contributed by atoms with van der Waals surface area (Å²) in [5.41, 5.74) is 3.59. The van der Waals surface area contributed by atoms with Crippen LogP contribution in [0.2, 0.25) is 0 Å². The first-order valence-electron chi connectivity index (χ1n) is 7.37. The number of hydrogen-bond acceptors (Lipinski definition) is 1. The number of pyridine rings is 1. The Kier molecular flexibility index (Phi) is 4.07. The zero-order chi connectivity index (χ0) is 13.9. The van der Waals surface area contributed by atoms with E-state index < -0.39 is 0 Å². The van der Waals surface area contributed by atoms with Crippen molar-refractivity contribution in [3.63, 3.8) is 0 Å². The van der Waals surface area contributed by atoms with E-state index in [1.165, 1.54) is 17.5 Å². The van der Waals surface area contributed by atoms with Crippen LogP contribution in [0, 0.1) is 11.8 Å². The highest BCUT2D eigenvalue weighted by Gasteiger charge is 2.30. The Morgan fingerprint density at radius 2 is 1.95 bits per heavy atom. The normalized spacial score (nSPS) is 25.8. The molecule has 3 unspecified atom stereocenters. The summed E-state index contributed by atoms with van der Waals surface area (Å²) in [6.45, 7) is 2.31. The van der Waals surface area contributed by atoms with Gasteiger partial charge in [-0.1, -0.05) is 37.3 Å². The summed E-state index contributed by atoms with van der Waals surface area (Å²) in [6.07, 6.45) is 5.36. The monoisotopic (exact) mass is 286 g/mol. The van der Waals surface area contributed by atoms with Crippen molar-refractivity contribution in [2.45, 2.75) is 31.6 Å². The molecule has 20 heavy (non-hydrogen) atoms. The summed E-state index contributed by atoms with van der Waals surface area (Å²) in [7, 11) is 0. The third-order valence-corrected chi connectivity index (χ3v) is 4.79. The van der Waals surface area contributed by atoms with E-state index >= 15 is 0 Å². The highest BCUT2D eigenvalue weighted by Crippen LogP contribution is 2.36. The Morgan fingerprint density at radius 3 is 2.55 bits per heavy atom. The van der Waals surface area contributed by atoms with Gasteiger partial charge in [0.05, 0.1) is 5.69 Å². The summed E-state index contributed by atoms with van der Waals surface area (Å²) in [4.78, 5) is 4.38. The maximum atomic E-state index is 6.44. The van der Waals surface area contributed by atoms with E-state index in [9.17, 15) is 0 Å². The van der Waals surface area contributed by atoms with Crippen LogP contribution in [0.15, 0.2) is 48.7 Å². The molecule has 0 saturated heterocycles. The van der Waals surface area contributed by atoms with Crippen LogP contribution in [-0.2, 0) is 6.42 Å². The largest absolute Gasteiger partial charge is 1.00 e. The maximum absolute atomic E-state index is 6.44. The summed E-state index contributed by atoms with van der Waals surface area (Å²) in [6, 6.07) is 14.8. The lowest BCUT2D eigenvalue weighted by Gasteiger charge is -2.13. The molecule has 1 aliphatic carbocycles. The molecule has 3 rings (SSSR count). The first-order chi connectivity index (χ1) is 9.72. The van der Waals surface area contributed by atoms with Gasteiger partial charge in [-0.2, -0.15) is 0 Å². The zero-order valence-corrected chi connectivity index (χ0v) is 12.6. The van der Waals surface area contributed by atoms with Crippen LogP contribution in [0.25, 0.3) is 11.3 Å². The summed E-state index contributed by atoms with van der Waals surface area (Å²) < 4.78 is 0. The van der Waals surface area contributed by atoms with Gasteiger partial charge in [-0.05, 0) is 48.8 Å². The van der Waals surface area contributed by atoms with Crippen molar-refractivity contribution in [2.24, 2.45) is 11.8 Å². The average molecular weight is 287 g/mol. The number of halogens is 1. The lowest BCUT2D eigenvalue weighted by Crippen LogP contribution is -2.10. The Hall–Kier alpha value is -1.34. The second-order valence-corrected chi connectivity index (χ2v) is 6.53. The minimum Gasteiger partial charge on any atom is -0.256 e. The van der Waals surface area contributed by atoms with Gasteiger partial charge in [0.15, 0.2) is 0 Å². The third-order valence-electron chi connectivity index (χ3n) is 4.26. The van der Waals surface area contributed by atoms with Crippen LogP contribution in [0.3, 0.4) is 0 Å². The van der Waals surface area contributed by atoms with Crippen LogP contribution in [0.4, 0.5) is 0 Å². The van der Waals surface area contributed by atoms with Crippen LogP contribution in [0.5, 0.6) is 0 Å². The zero-order valence-electron chi connectivity index (χ0n) is 12.8. The Labute approximate surface area is 127 Å². The van der Waals surface area contributed by atoms with Crippen molar-refractivity contribution in [3.05, 3.63) is 54.2 Å². The number of nitrogens with zero attached hydrogens (tertiary/aromatic N) is 1.